The molecule has 0 aromatic heterocycles. The standard InChI is InChI=1S/C10H16O4/c1-6-8(11)13-10(4,5)14-9(12)7(2)3/h2,6H2,1,3-5H3. The van der Waals surface area contributed by atoms with Gasteiger partial charge in [0.05, 0.1) is 0 Å². The van der Waals surface area contributed by atoms with Gasteiger partial charge in [-0.15, -0.1) is 0 Å². The predicted octanol–water partition coefficient (Wildman–Crippen LogP) is 1.79. The lowest BCUT2D eigenvalue weighted by Gasteiger charge is -2.24. The lowest BCUT2D eigenvalue weighted by Crippen LogP contribution is -2.33. The number of hydrogen-bond donors (Lipinski definition) is 0. The largest absolute Gasteiger partial charge is 0.423 e. The van der Waals surface area contributed by atoms with Crippen molar-refractivity contribution < 1.29 is 19.1 Å². The second-order valence-corrected chi connectivity index (χ2v) is 3.40. The Balaban J connectivity index is 4.27. The van der Waals surface area contributed by atoms with Crippen LogP contribution in [0, 0.1) is 0 Å². The molecule has 0 atom stereocenters. The van der Waals surface area contributed by atoms with Gasteiger partial charge in [0.15, 0.2) is 0 Å². The lowest BCUT2D eigenvalue weighted by atomic mass is 10.3. The van der Waals surface area contributed by atoms with Crippen LogP contribution >= 0.6 is 0 Å². The topological polar surface area (TPSA) is 52.6 Å². The number of esters is 2. The zero-order valence-electron chi connectivity index (χ0n) is 9.05. The van der Waals surface area contributed by atoms with Gasteiger partial charge in [-0.05, 0) is 6.92 Å². The summed E-state index contributed by atoms with van der Waals surface area (Å²) in [4.78, 5) is 22.1. The molecule has 0 bridgehead atoms. The van der Waals surface area contributed by atoms with E-state index in [0.29, 0.717) is 0 Å². The quantitative estimate of drug-likeness (QED) is 0.394. The van der Waals surface area contributed by atoms with Crippen molar-refractivity contribution in [2.75, 3.05) is 0 Å². The van der Waals surface area contributed by atoms with Crippen molar-refractivity contribution in [3.63, 3.8) is 0 Å². The van der Waals surface area contributed by atoms with Crippen molar-refractivity contribution in [3.8, 4) is 0 Å². The number of carbonyl (C=O) groups excluding carboxylic acids is 2. The van der Waals surface area contributed by atoms with Gasteiger partial charge in [0.1, 0.15) is 0 Å². The van der Waals surface area contributed by atoms with Crippen molar-refractivity contribution in [1.29, 1.82) is 0 Å². The molecule has 0 unspecified atom stereocenters. The third-order valence-electron chi connectivity index (χ3n) is 1.34. The molecule has 0 aromatic rings. The Morgan fingerprint density at radius 1 is 1.29 bits per heavy atom. The summed E-state index contributed by atoms with van der Waals surface area (Å²) in [5.41, 5.74) is 0.269. The molecule has 0 fully saturated rings. The van der Waals surface area contributed by atoms with E-state index in [-0.39, 0.29) is 12.0 Å². The molecule has 0 aromatic carbocycles. The molecule has 0 aliphatic carbocycles. The molecule has 0 aliphatic rings. The summed E-state index contributed by atoms with van der Waals surface area (Å²) in [6.07, 6.45) is 0.244. The Kier molecular flexibility index (Phi) is 4.34. The average molecular weight is 200 g/mol. The summed E-state index contributed by atoms with van der Waals surface area (Å²) >= 11 is 0. The Morgan fingerprint density at radius 2 is 1.79 bits per heavy atom. The minimum Gasteiger partial charge on any atom is -0.423 e. The van der Waals surface area contributed by atoms with Crippen LogP contribution in [-0.4, -0.2) is 17.7 Å². The van der Waals surface area contributed by atoms with Crippen LogP contribution in [-0.2, 0) is 19.1 Å². The normalized spacial score (nSPS) is 10.6. The average Bonchev–Trinajstić information content (AvgIpc) is 2.02. The summed E-state index contributed by atoms with van der Waals surface area (Å²) in [6.45, 7) is 9.62. The molecule has 0 amide bonds. The first-order chi connectivity index (χ1) is 6.28. The van der Waals surface area contributed by atoms with Gasteiger partial charge >= 0.3 is 11.9 Å². The molecular weight excluding hydrogens is 184 g/mol. The fraction of sp³-hybridized carbons (Fsp3) is 0.600. The summed E-state index contributed by atoms with van der Waals surface area (Å²) in [5.74, 6) is -2.22. The van der Waals surface area contributed by atoms with Gasteiger partial charge in [0.25, 0.3) is 5.79 Å². The maximum absolute atomic E-state index is 11.1. The number of hydrogen-bond acceptors (Lipinski definition) is 4. The van der Waals surface area contributed by atoms with Gasteiger partial charge in [-0.3, -0.25) is 4.79 Å². The highest BCUT2D eigenvalue weighted by atomic mass is 16.7. The smallest absolute Gasteiger partial charge is 0.336 e. The number of carbonyl (C=O) groups is 2. The van der Waals surface area contributed by atoms with E-state index >= 15 is 0 Å². The van der Waals surface area contributed by atoms with Crippen LogP contribution in [0.5, 0.6) is 0 Å². The summed E-state index contributed by atoms with van der Waals surface area (Å²) in [6, 6.07) is 0. The van der Waals surface area contributed by atoms with Gasteiger partial charge in [-0.2, -0.15) is 0 Å². The van der Waals surface area contributed by atoms with Gasteiger partial charge < -0.3 is 9.47 Å². The van der Waals surface area contributed by atoms with Gasteiger partial charge in [-0.1, -0.05) is 13.5 Å². The fourth-order valence-electron chi connectivity index (χ4n) is 0.678. The predicted molar refractivity (Wildman–Crippen MR) is 51.4 cm³/mol. The SMILES string of the molecule is C=C(C)C(=O)OC(C)(C)OC(=O)CC. The molecule has 0 N–H and O–H groups in total. The highest BCUT2D eigenvalue weighted by Crippen LogP contribution is 2.14. The first-order valence-corrected chi connectivity index (χ1v) is 4.39. The third kappa shape index (κ3) is 4.64. The van der Waals surface area contributed by atoms with E-state index in [0.717, 1.165) is 0 Å². The van der Waals surface area contributed by atoms with E-state index in [2.05, 4.69) is 6.58 Å². The van der Waals surface area contributed by atoms with Crippen LogP contribution in [0.1, 0.15) is 34.1 Å². The second kappa shape index (κ2) is 4.79. The molecule has 0 aliphatic heterocycles. The van der Waals surface area contributed by atoms with E-state index < -0.39 is 17.7 Å². The van der Waals surface area contributed by atoms with E-state index in [1.807, 2.05) is 0 Å². The zero-order chi connectivity index (χ0) is 11.4. The van der Waals surface area contributed by atoms with Gasteiger partial charge in [-0.25, -0.2) is 4.79 Å². The maximum atomic E-state index is 11.1. The Bertz CT molecular complexity index is 253. The Morgan fingerprint density at radius 3 is 2.14 bits per heavy atom. The number of ether oxygens (including phenoxy) is 2. The molecule has 80 valence electrons. The summed E-state index contributed by atoms with van der Waals surface area (Å²) in [5, 5.41) is 0. The molecule has 14 heavy (non-hydrogen) atoms. The van der Waals surface area contributed by atoms with Crippen molar-refractivity contribution in [2.24, 2.45) is 0 Å². The number of rotatable bonds is 4. The minimum absolute atomic E-state index is 0.244. The second-order valence-electron chi connectivity index (χ2n) is 3.40. The molecule has 0 spiro atoms. The molecule has 0 saturated carbocycles. The molecule has 4 heteroatoms. The van der Waals surface area contributed by atoms with Gasteiger partial charge in [0, 0.05) is 25.8 Å². The molecule has 0 heterocycles. The maximum Gasteiger partial charge on any atom is 0.336 e. The molecule has 0 saturated heterocycles. The fourth-order valence-corrected chi connectivity index (χ4v) is 0.678. The van der Waals surface area contributed by atoms with Crippen molar-refractivity contribution in [1.82, 2.24) is 0 Å². The van der Waals surface area contributed by atoms with E-state index in [4.69, 9.17) is 9.47 Å². The van der Waals surface area contributed by atoms with Crippen LogP contribution in [0.15, 0.2) is 12.2 Å². The third-order valence-corrected chi connectivity index (χ3v) is 1.34. The molecule has 0 radical (unpaired) electrons. The van der Waals surface area contributed by atoms with E-state index in [9.17, 15) is 9.59 Å². The monoisotopic (exact) mass is 200 g/mol. The highest BCUT2D eigenvalue weighted by Gasteiger charge is 2.26. The zero-order valence-corrected chi connectivity index (χ0v) is 9.05. The highest BCUT2D eigenvalue weighted by molar-refractivity contribution is 5.87. The first kappa shape index (κ1) is 12.7. The summed E-state index contributed by atoms with van der Waals surface area (Å²) in [7, 11) is 0. The molecular formula is C10H16O4. The minimum atomic E-state index is -1.23. The Hall–Kier alpha value is -1.32. The van der Waals surface area contributed by atoms with Gasteiger partial charge in [0.2, 0.25) is 0 Å². The van der Waals surface area contributed by atoms with Crippen LogP contribution in [0.25, 0.3) is 0 Å². The van der Waals surface area contributed by atoms with Crippen LogP contribution in [0.3, 0.4) is 0 Å². The van der Waals surface area contributed by atoms with E-state index in [1.165, 1.54) is 20.8 Å². The van der Waals surface area contributed by atoms with Crippen LogP contribution in [0.2, 0.25) is 0 Å². The summed E-state index contributed by atoms with van der Waals surface area (Å²) < 4.78 is 9.77. The van der Waals surface area contributed by atoms with E-state index in [1.54, 1.807) is 6.92 Å². The van der Waals surface area contributed by atoms with Crippen molar-refractivity contribution in [3.05, 3.63) is 12.2 Å². The van der Waals surface area contributed by atoms with Crippen LogP contribution < -0.4 is 0 Å². The van der Waals surface area contributed by atoms with Crippen molar-refractivity contribution in [2.45, 2.75) is 39.9 Å². The molecule has 4 nitrogen and oxygen atoms in total. The lowest BCUT2D eigenvalue weighted by molar-refractivity contribution is -0.213. The Labute approximate surface area is 83.9 Å². The molecule has 0 rings (SSSR count). The van der Waals surface area contributed by atoms with Crippen LogP contribution in [0.4, 0.5) is 0 Å². The first-order valence-electron chi connectivity index (χ1n) is 4.39. The van der Waals surface area contributed by atoms with Crippen molar-refractivity contribution >= 4 is 11.9 Å².